The van der Waals surface area contributed by atoms with Crippen molar-refractivity contribution in [2.75, 3.05) is 19.7 Å². The van der Waals surface area contributed by atoms with Gasteiger partial charge in [-0.3, -0.25) is 0 Å². The summed E-state index contributed by atoms with van der Waals surface area (Å²) in [5.41, 5.74) is 1.31. The summed E-state index contributed by atoms with van der Waals surface area (Å²) in [5, 5.41) is 12.5. The molecular weight excluding hydrogens is 233 g/mol. The van der Waals surface area contributed by atoms with Crippen LogP contribution in [-0.4, -0.2) is 24.8 Å². The normalized spacial score (nSPS) is 9.73. The molecule has 1 aromatic rings. The summed E-state index contributed by atoms with van der Waals surface area (Å²) in [6.45, 7) is 1.84. The zero-order chi connectivity index (χ0) is 10.2. The van der Waals surface area contributed by atoms with Crippen molar-refractivity contribution < 1.29 is 5.11 Å². The second-order valence-electron chi connectivity index (χ2n) is 3.20. The third-order valence-corrected chi connectivity index (χ3v) is 2.27. The molecule has 0 aromatic heterocycles. The number of benzene rings is 1. The fourth-order valence-electron chi connectivity index (χ4n) is 1.27. The van der Waals surface area contributed by atoms with Crippen molar-refractivity contribution >= 4 is 24.0 Å². The lowest BCUT2D eigenvalue weighted by Gasteiger charge is -2.03. The number of aryl methyl sites for hydroxylation is 1. The van der Waals surface area contributed by atoms with Gasteiger partial charge in [0.05, 0.1) is 6.61 Å². The zero-order valence-corrected chi connectivity index (χ0v) is 10.2. The van der Waals surface area contributed by atoms with Crippen molar-refractivity contribution in [1.82, 2.24) is 5.32 Å². The largest absolute Gasteiger partial charge is 0.395 e. The smallest absolute Gasteiger partial charge is 0.0555 e. The van der Waals surface area contributed by atoms with Crippen LogP contribution in [0.4, 0.5) is 0 Å². The Morgan fingerprint density at radius 1 is 1.13 bits per heavy atom. The maximum atomic E-state index is 8.54. The molecule has 4 heteroatoms. The highest BCUT2D eigenvalue weighted by molar-refractivity contribution is 6.30. The molecule has 0 aliphatic heterocycles. The van der Waals surface area contributed by atoms with Crippen LogP contribution in [-0.2, 0) is 6.42 Å². The lowest BCUT2D eigenvalue weighted by Crippen LogP contribution is -2.19. The molecule has 0 saturated heterocycles. The monoisotopic (exact) mass is 249 g/mol. The molecule has 86 valence electrons. The minimum Gasteiger partial charge on any atom is -0.395 e. The quantitative estimate of drug-likeness (QED) is 0.759. The van der Waals surface area contributed by atoms with Crippen molar-refractivity contribution in [2.45, 2.75) is 12.8 Å². The van der Waals surface area contributed by atoms with Gasteiger partial charge in [0.25, 0.3) is 0 Å². The molecule has 0 amide bonds. The SMILES string of the molecule is Cl.OCCNCCCc1ccc(Cl)cc1. The molecule has 15 heavy (non-hydrogen) atoms. The highest BCUT2D eigenvalue weighted by atomic mass is 35.5. The van der Waals surface area contributed by atoms with Gasteiger partial charge in [-0.25, -0.2) is 0 Å². The molecule has 1 aromatic carbocycles. The molecule has 0 aliphatic carbocycles. The summed E-state index contributed by atoms with van der Waals surface area (Å²) < 4.78 is 0. The molecule has 0 saturated carbocycles. The second kappa shape index (κ2) is 8.98. The van der Waals surface area contributed by atoms with Crippen molar-refractivity contribution in [3.05, 3.63) is 34.9 Å². The van der Waals surface area contributed by atoms with Crippen LogP contribution in [0, 0.1) is 0 Å². The summed E-state index contributed by atoms with van der Waals surface area (Å²) in [6, 6.07) is 7.93. The highest BCUT2D eigenvalue weighted by Crippen LogP contribution is 2.10. The predicted octanol–water partition coefficient (Wildman–Crippen LogP) is 2.28. The Morgan fingerprint density at radius 3 is 2.40 bits per heavy atom. The maximum absolute atomic E-state index is 8.54. The molecule has 0 spiro atoms. The Kier molecular flexibility index (Phi) is 8.82. The average molecular weight is 250 g/mol. The molecule has 0 unspecified atom stereocenters. The van der Waals surface area contributed by atoms with E-state index in [0.717, 1.165) is 24.4 Å². The summed E-state index contributed by atoms with van der Waals surface area (Å²) in [4.78, 5) is 0. The number of hydrogen-bond donors (Lipinski definition) is 2. The van der Waals surface area contributed by atoms with E-state index >= 15 is 0 Å². The van der Waals surface area contributed by atoms with E-state index in [1.807, 2.05) is 24.3 Å². The van der Waals surface area contributed by atoms with Crippen LogP contribution in [0.1, 0.15) is 12.0 Å². The van der Waals surface area contributed by atoms with Crippen molar-refractivity contribution in [1.29, 1.82) is 0 Å². The number of halogens is 2. The lowest BCUT2D eigenvalue weighted by atomic mass is 10.1. The molecule has 2 N–H and O–H groups in total. The first-order valence-corrected chi connectivity index (χ1v) is 5.27. The minimum absolute atomic E-state index is 0. The van der Waals surface area contributed by atoms with E-state index in [1.165, 1.54) is 5.56 Å². The Balaban J connectivity index is 0.00000196. The van der Waals surface area contributed by atoms with E-state index in [2.05, 4.69) is 5.32 Å². The average Bonchev–Trinajstić information content (AvgIpc) is 2.21. The predicted molar refractivity (Wildman–Crippen MR) is 67.0 cm³/mol. The molecule has 0 heterocycles. The third kappa shape index (κ3) is 6.74. The van der Waals surface area contributed by atoms with E-state index in [0.29, 0.717) is 6.54 Å². The summed E-state index contributed by atoms with van der Waals surface area (Å²) in [6.07, 6.45) is 2.14. The van der Waals surface area contributed by atoms with Gasteiger partial charge in [0.2, 0.25) is 0 Å². The first-order chi connectivity index (χ1) is 6.83. The molecule has 0 aliphatic rings. The van der Waals surface area contributed by atoms with E-state index < -0.39 is 0 Å². The molecule has 2 nitrogen and oxygen atoms in total. The van der Waals surface area contributed by atoms with Gasteiger partial charge in [-0.1, -0.05) is 23.7 Å². The second-order valence-corrected chi connectivity index (χ2v) is 3.64. The molecule has 1 rings (SSSR count). The number of nitrogens with one attached hydrogen (secondary N) is 1. The Labute approximate surface area is 102 Å². The van der Waals surface area contributed by atoms with E-state index in [4.69, 9.17) is 16.7 Å². The van der Waals surface area contributed by atoms with Crippen LogP contribution in [0.25, 0.3) is 0 Å². The van der Waals surface area contributed by atoms with E-state index in [9.17, 15) is 0 Å². The Hall–Kier alpha value is -0.280. The van der Waals surface area contributed by atoms with Gasteiger partial charge in [-0.05, 0) is 37.1 Å². The summed E-state index contributed by atoms with van der Waals surface area (Å²) in [7, 11) is 0. The van der Waals surface area contributed by atoms with Crippen LogP contribution in [0.15, 0.2) is 24.3 Å². The van der Waals surface area contributed by atoms with Crippen LogP contribution in [0.3, 0.4) is 0 Å². The number of aliphatic hydroxyl groups excluding tert-OH is 1. The Bertz CT molecular complexity index is 251. The van der Waals surface area contributed by atoms with Gasteiger partial charge >= 0.3 is 0 Å². The maximum Gasteiger partial charge on any atom is 0.0555 e. The van der Waals surface area contributed by atoms with Crippen LogP contribution < -0.4 is 5.32 Å². The highest BCUT2D eigenvalue weighted by Gasteiger charge is 1.93. The van der Waals surface area contributed by atoms with E-state index in [1.54, 1.807) is 0 Å². The Morgan fingerprint density at radius 2 is 1.80 bits per heavy atom. The first kappa shape index (κ1) is 14.7. The van der Waals surface area contributed by atoms with Gasteiger partial charge in [-0.2, -0.15) is 0 Å². The first-order valence-electron chi connectivity index (χ1n) is 4.89. The van der Waals surface area contributed by atoms with Crippen LogP contribution in [0.2, 0.25) is 5.02 Å². The zero-order valence-electron chi connectivity index (χ0n) is 8.58. The number of aliphatic hydroxyl groups is 1. The van der Waals surface area contributed by atoms with Gasteiger partial charge in [0.15, 0.2) is 0 Å². The molecule has 0 atom stereocenters. The van der Waals surface area contributed by atoms with Crippen LogP contribution in [0.5, 0.6) is 0 Å². The van der Waals surface area contributed by atoms with Crippen molar-refractivity contribution in [2.24, 2.45) is 0 Å². The molecule has 0 radical (unpaired) electrons. The number of rotatable bonds is 6. The topological polar surface area (TPSA) is 32.3 Å². The van der Waals surface area contributed by atoms with Gasteiger partial charge in [0.1, 0.15) is 0 Å². The standard InChI is InChI=1S/C11H16ClNO.ClH/c12-11-5-3-10(4-6-11)2-1-7-13-8-9-14;/h3-6,13-14H,1-2,7-9H2;1H. The lowest BCUT2D eigenvalue weighted by molar-refractivity contribution is 0.292. The molecule has 0 bridgehead atoms. The molecular formula is C11H17Cl2NO. The third-order valence-electron chi connectivity index (χ3n) is 2.02. The fraction of sp³-hybridized carbons (Fsp3) is 0.455. The molecule has 0 fully saturated rings. The number of hydrogen-bond acceptors (Lipinski definition) is 2. The summed E-state index contributed by atoms with van der Waals surface area (Å²) in [5.74, 6) is 0. The minimum atomic E-state index is 0. The van der Waals surface area contributed by atoms with Crippen molar-refractivity contribution in [3.63, 3.8) is 0 Å². The van der Waals surface area contributed by atoms with Crippen molar-refractivity contribution in [3.8, 4) is 0 Å². The fourth-order valence-corrected chi connectivity index (χ4v) is 1.40. The van der Waals surface area contributed by atoms with Gasteiger partial charge in [-0.15, -0.1) is 12.4 Å². The summed E-state index contributed by atoms with van der Waals surface area (Å²) >= 11 is 5.77. The van der Waals surface area contributed by atoms with Crippen LogP contribution >= 0.6 is 24.0 Å². The van der Waals surface area contributed by atoms with Gasteiger partial charge in [0, 0.05) is 11.6 Å². The van der Waals surface area contributed by atoms with E-state index in [-0.39, 0.29) is 19.0 Å². The van der Waals surface area contributed by atoms with Gasteiger partial charge < -0.3 is 10.4 Å².